The Bertz CT molecular complexity index is 672. The van der Waals surface area contributed by atoms with Crippen molar-refractivity contribution in [3.8, 4) is 5.75 Å². The molecule has 0 saturated heterocycles. The maximum Gasteiger partial charge on any atom is 0.328 e. The predicted molar refractivity (Wildman–Crippen MR) is 83.4 cm³/mol. The summed E-state index contributed by atoms with van der Waals surface area (Å²) in [5.41, 5.74) is 4.03. The summed E-state index contributed by atoms with van der Waals surface area (Å²) in [6.07, 6.45) is 2.68. The third-order valence-corrected chi connectivity index (χ3v) is 3.11. The highest BCUT2D eigenvalue weighted by molar-refractivity contribution is 5.86. The van der Waals surface area contributed by atoms with Gasteiger partial charge in [-0.15, -0.1) is 0 Å². The summed E-state index contributed by atoms with van der Waals surface area (Å²) in [6.45, 7) is 4.45. The molecule has 3 nitrogen and oxygen atoms in total. The van der Waals surface area contributed by atoms with Crippen LogP contribution in [0.5, 0.6) is 5.75 Å². The highest BCUT2D eigenvalue weighted by Crippen LogP contribution is 2.25. The van der Waals surface area contributed by atoms with Gasteiger partial charge in [0, 0.05) is 11.6 Å². The number of benzene rings is 2. The van der Waals surface area contributed by atoms with Crippen molar-refractivity contribution in [2.75, 3.05) is 0 Å². The van der Waals surface area contributed by atoms with Crippen LogP contribution in [0.4, 0.5) is 0 Å². The van der Waals surface area contributed by atoms with Crippen LogP contribution in [0.15, 0.2) is 48.5 Å². The molecule has 0 aliphatic rings. The lowest BCUT2D eigenvalue weighted by Crippen LogP contribution is -1.99. The van der Waals surface area contributed by atoms with E-state index < -0.39 is 5.97 Å². The SMILES string of the molecule is Cc1cccc(COc2c(C)cccc2/C=C/C(=O)O)c1. The predicted octanol–water partition coefficient (Wildman–Crippen LogP) is 3.98. The summed E-state index contributed by atoms with van der Waals surface area (Å²) in [7, 11) is 0. The highest BCUT2D eigenvalue weighted by atomic mass is 16.5. The Morgan fingerprint density at radius 2 is 1.95 bits per heavy atom. The minimum atomic E-state index is -0.971. The first-order valence-corrected chi connectivity index (χ1v) is 6.75. The van der Waals surface area contributed by atoms with Gasteiger partial charge in [0.05, 0.1) is 0 Å². The number of aryl methyl sites for hydroxylation is 2. The zero-order valence-electron chi connectivity index (χ0n) is 12.2. The minimum Gasteiger partial charge on any atom is -0.488 e. The maximum atomic E-state index is 10.7. The molecule has 0 spiro atoms. The summed E-state index contributed by atoms with van der Waals surface area (Å²) in [5, 5.41) is 8.75. The Hall–Kier alpha value is -2.55. The second-order valence-corrected chi connectivity index (χ2v) is 4.94. The van der Waals surface area contributed by atoms with Crippen LogP contribution in [0.1, 0.15) is 22.3 Å². The van der Waals surface area contributed by atoms with E-state index >= 15 is 0 Å². The van der Waals surface area contributed by atoms with Crippen LogP contribution in [0.3, 0.4) is 0 Å². The number of hydrogen-bond donors (Lipinski definition) is 1. The van der Waals surface area contributed by atoms with E-state index in [1.807, 2.05) is 50.2 Å². The number of para-hydroxylation sites is 1. The number of carboxylic acid groups (broad SMARTS) is 1. The summed E-state index contributed by atoms with van der Waals surface area (Å²) >= 11 is 0. The van der Waals surface area contributed by atoms with Gasteiger partial charge in [-0.3, -0.25) is 0 Å². The second kappa shape index (κ2) is 6.75. The van der Waals surface area contributed by atoms with Gasteiger partial charge < -0.3 is 9.84 Å². The first kappa shape index (κ1) is 14.9. The van der Waals surface area contributed by atoms with E-state index in [4.69, 9.17) is 9.84 Å². The molecule has 21 heavy (non-hydrogen) atoms. The van der Waals surface area contributed by atoms with Crippen LogP contribution >= 0.6 is 0 Å². The molecule has 2 rings (SSSR count). The van der Waals surface area contributed by atoms with E-state index in [-0.39, 0.29) is 0 Å². The summed E-state index contributed by atoms with van der Waals surface area (Å²) in [6, 6.07) is 13.8. The topological polar surface area (TPSA) is 46.5 Å². The van der Waals surface area contributed by atoms with Gasteiger partial charge in [-0.05, 0) is 31.1 Å². The number of rotatable bonds is 5. The van der Waals surface area contributed by atoms with Gasteiger partial charge in [-0.2, -0.15) is 0 Å². The quantitative estimate of drug-likeness (QED) is 0.844. The van der Waals surface area contributed by atoms with Gasteiger partial charge >= 0.3 is 5.97 Å². The Morgan fingerprint density at radius 3 is 2.67 bits per heavy atom. The van der Waals surface area contributed by atoms with Crippen molar-refractivity contribution in [1.29, 1.82) is 0 Å². The fraction of sp³-hybridized carbons (Fsp3) is 0.167. The number of carbonyl (C=O) groups is 1. The molecular weight excluding hydrogens is 264 g/mol. The van der Waals surface area contributed by atoms with Gasteiger partial charge in [0.15, 0.2) is 0 Å². The second-order valence-electron chi connectivity index (χ2n) is 4.94. The van der Waals surface area contributed by atoms with Gasteiger partial charge in [0.25, 0.3) is 0 Å². The first-order valence-electron chi connectivity index (χ1n) is 6.75. The number of aliphatic carboxylic acids is 1. The van der Waals surface area contributed by atoms with Crippen molar-refractivity contribution in [2.45, 2.75) is 20.5 Å². The van der Waals surface area contributed by atoms with E-state index in [0.717, 1.165) is 28.5 Å². The number of carboxylic acids is 1. The van der Waals surface area contributed by atoms with Gasteiger partial charge in [-0.1, -0.05) is 48.0 Å². The molecule has 0 radical (unpaired) electrons. The number of ether oxygens (including phenoxy) is 1. The average Bonchev–Trinajstić information content (AvgIpc) is 2.44. The van der Waals surface area contributed by atoms with Crippen LogP contribution in [0, 0.1) is 13.8 Å². The molecule has 0 saturated carbocycles. The van der Waals surface area contributed by atoms with Crippen molar-refractivity contribution in [3.05, 3.63) is 70.8 Å². The molecule has 0 aliphatic heterocycles. The third-order valence-electron chi connectivity index (χ3n) is 3.11. The molecule has 0 heterocycles. The normalized spacial score (nSPS) is 10.8. The molecule has 0 amide bonds. The zero-order valence-corrected chi connectivity index (χ0v) is 12.2. The Labute approximate surface area is 124 Å². The first-order chi connectivity index (χ1) is 10.1. The monoisotopic (exact) mass is 282 g/mol. The van der Waals surface area contributed by atoms with E-state index in [2.05, 4.69) is 6.07 Å². The van der Waals surface area contributed by atoms with Gasteiger partial charge in [-0.25, -0.2) is 4.79 Å². The van der Waals surface area contributed by atoms with Crippen molar-refractivity contribution in [2.24, 2.45) is 0 Å². The Kier molecular flexibility index (Phi) is 4.77. The molecule has 0 unspecified atom stereocenters. The molecule has 3 heteroatoms. The van der Waals surface area contributed by atoms with Crippen LogP contribution < -0.4 is 4.74 Å². The minimum absolute atomic E-state index is 0.459. The van der Waals surface area contributed by atoms with Gasteiger partial charge in [0.1, 0.15) is 12.4 Å². The van der Waals surface area contributed by atoms with E-state index in [1.54, 1.807) is 6.08 Å². The van der Waals surface area contributed by atoms with Crippen LogP contribution in [0.2, 0.25) is 0 Å². The molecule has 108 valence electrons. The van der Waals surface area contributed by atoms with E-state index in [0.29, 0.717) is 6.61 Å². The zero-order chi connectivity index (χ0) is 15.2. The lowest BCUT2D eigenvalue weighted by atomic mass is 10.1. The van der Waals surface area contributed by atoms with Crippen molar-refractivity contribution in [1.82, 2.24) is 0 Å². The van der Waals surface area contributed by atoms with Crippen molar-refractivity contribution in [3.63, 3.8) is 0 Å². The van der Waals surface area contributed by atoms with Crippen molar-refractivity contribution < 1.29 is 14.6 Å². The molecule has 0 bridgehead atoms. The van der Waals surface area contributed by atoms with Crippen molar-refractivity contribution >= 4 is 12.0 Å². The Morgan fingerprint density at radius 1 is 1.19 bits per heavy atom. The molecule has 1 N–H and O–H groups in total. The molecule has 0 fully saturated rings. The summed E-state index contributed by atoms with van der Waals surface area (Å²) < 4.78 is 5.90. The lowest BCUT2D eigenvalue weighted by Gasteiger charge is -2.12. The molecular formula is C18H18O3. The van der Waals surface area contributed by atoms with Crippen LogP contribution in [-0.2, 0) is 11.4 Å². The number of hydrogen-bond acceptors (Lipinski definition) is 2. The van der Waals surface area contributed by atoms with Crippen LogP contribution in [-0.4, -0.2) is 11.1 Å². The fourth-order valence-corrected chi connectivity index (χ4v) is 2.12. The average molecular weight is 282 g/mol. The highest BCUT2D eigenvalue weighted by Gasteiger charge is 2.06. The third kappa shape index (κ3) is 4.21. The lowest BCUT2D eigenvalue weighted by molar-refractivity contribution is -0.131. The van der Waals surface area contributed by atoms with E-state index in [1.165, 1.54) is 5.56 Å². The molecule has 0 aliphatic carbocycles. The standard InChI is InChI=1S/C18H18O3/c1-13-5-3-7-15(11-13)12-21-18-14(2)6-4-8-16(18)9-10-17(19)20/h3-11H,12H2,1-2H3,(H,19,20)/b10-9+. The Balaban J connectivity index is 2.20. The largest absolute Gasteiger partial charge is 0.488 e. The summed E-state index contributed by atoms with van der Waals surface area (Å²) in [5.74, 6) is -0.252. The fourth-order valence-electron chi connectivity index (χ4n) is 2.12. The van der Waals surface area contributed by atoms with E-state index in [9.17, 15) is 4.79 Å². The molecule has 0 aromatic heterocycles. The van der Waals surface area contributed by atoms with Crippen LogP contribution in [0.25, 0.3) is 6.08 Å². The smallest absolute Gasteiger partial charge is 0.328 e. The summed E-state index contributed by atoms with van der Waals surface area (Å²) in [4.78, 5) is 10.7. The molecule has 2 aromatic carbocycles. The molecule has 2 aromatic rings. The maximum absolute atomic E-state index is 10.7. The molecule has 0 atom stereocenters. The van der Waals surface area contributed by atoms with Gasteiger partial charge in [0.2, 0.25) is 0 Å².